The third-order valence-corrected chi connectivity index (χ3v) is 4.66. The summed E-state index contributed by atoms with van der Waals surface area (Å²) in [6.45, 7) is 3.54. The zero-order valence-corrected chi connectivity index (χ0v) is 13.3. The lowest BCUT2D eigenvalue weighted by Crippen LogP contribution is -2.40. The Balaban J connectivity index is 1.68. The molecular formula is C18H27N3. The molecule has 1 saturated heterocycles. The van der Waals surface area contributed by atoms with Gasteiger partial charge in [-0.25, -0.2) is 0 Å². The van der Waals surface area contributed by atoms with Gasteiger partial charge < -0.3 is 9.88 Å². The molecule has 1 fully saturated rings. The average Bonchev–Trinajstić information content (AvgIpc) is 2.94. The fraction of sp³-hybridized carbons (Fsp3) is 0.556. The summed E-state index contributed by atoms with van der Waals surface area (Å²) < 4.78 is 0. The highest BCUT2D eigenvalue weighted by molar-refractivity contribution is 5.79. The molecule has 0 radical (unpaired) electrons. The number of hydrogen-bond acceptors (Lipinski definition) is 2. The van der Waals surface area contributed by atoms with Gasteiger partial charge in [0.15, 0.2) is 0 Å². The lowest BCUT2D eigenvalue weighted by atomic mass is 9.98. The number of rotatable bonds is 5. The van der Waals surface area contributed by atoms with Crippen LogP contribution in [0.3, 0.4) is 0 Å². The third kappa shape index (κ3) is 3.66. The van der Waals surface area contributed by atoms with E-state index in [-0.39, 0.29) is 0 Å². The largest absolute Gasteiger partial charge is 0.361 e. The number of nitrogens with one attached hydrogen (secondary N) is 1. The van der Waals surface area contributed by atoms with E-state index < -0.39 is 0 Å². The molecule has 3 rings (SSSR count). The van der Waals surface area contributed by atoms with E-state index in [2.05, 4.69) is 53.1 Å². The van der Waals surface area contributed by atoms with E-state index >= 15 is 0 Å². The Hall–Kier alpha value is -1.32. The second kappa shape index (κ2) is 6.63. The molecule has 1 N–H and O–H groups in total. The summed E-state index contributed by atoms with van der Waals surface area (Å²) in [7, 11) is 4.35. The van der Waals surface area contributed by atoms with Crippen LogP contribution in [-0.4, -0.2) is 48.0 Å². The number of aromatic nitrogens is 1. The minimum atomic E-state index is 0.753. The zero-order chi connectivity index (χ0) is 14.7. The number of H-pyrrole nitrogens is 1. The van der Waals surface area contributed by atoms with E-state index in [9.17, 15) is 0 Å². The van der Waals surface area contributed by atoms with Gasteiger partial charge in [-0.3, -0.25) is 4.90 Å². The van der Waals surface area contributed by atoms with Crippen molar-refractivity contribution >= 4 is 10.9 Å². The first-order chi connectivity index (χ1) is 10.2. The smallest absolute Gasteiger partial charge is 0.0454 e. The topological polar surface area (TPSA) is 22.3 Å². The summed E-state index contributed by atoms with van der Waals surface area (Å²) in [6, 6.07) is 9.74. The SMILES string of the molecule is CN(C)CC[C@@H]1CCCCN1Cc1ccc2[nH]ccc2c1. The zero-order valence-electron chi connectivity index (χ0n) is 13.3. The molecule has 1 aromatic heterocycles. The van der Waals surface area contributed by atoms with Crippen LogP contribution in [0.2, 0.25) is 0 Å². The van der Waals surface area contributed by atoms with Crippen LogP contribution in [0, 0.1) is 0 Å². The van der Waals surface area contributed by atoms with Crippen LogP contribution >= 0.6 is 0 Å². The Kier molecular flexibility index (Phi) is 4.61. The van der Waals surface area contributed by atoms with Crippen molar-refractivity contribution in [2.75, 3.05) is 27.2 Å². The maximum Gasteiger partial charge on any atom is 0.0454 e. The van der Waals surface area contributed by atoms with Gasteiger partial charge in [0, 0.05) is 24.3 Å². The fourth-order valence-electron chi connectivity index (χ4n) is 3.44. The average molecular weight is 285 g/mol. The van der Waals surface area contributed by atoms with Crippen molar-refractivity contribution < 1.29 is 0 Å². The van der Waals surface area contributed by atoms with E-state index in [0.717, 1.165) is 12.6 Å². The molecule has 1 aromatic carbocycles. The first-order valence-corrected chi connectivity index (χ1v) is 8.17. The lowest BCUT2D eigenvalue weighted by molar-refractivity contribution is 0.125. The fourth-order valence-corrected chi connectivity index (χ4v) is 3.44. The minimum absolute atomic E-state index is 0.753. The van der Waals surface area contributed by atoms with Crippen molar-refractivity contribution in [2.45, 2.75) is 38.3 Å². The summed E-state index contributed by atoms with van der Waals surface area (Å²) >= 11 is 0. The molecule has 0 amide bonds. The summed E-state index contributed by atoms with van der Waals surface area (Å²) in [5.41, 5.74) is 2.68. The van der Waals surface area contributed by atoms with E-state index in [1.54, 1.807) is 0 Å². The first kappa shape index (κ1) is 14.6. The van der Waals surface area contributed by atoms with Crippen LogP contribution in [0.15, 0.2) is 30.5 Å². The number of aromatic amines is 1. The molecule has 2 heterocycles. The molecule has 1 aliphatic rings. The maximum absolute atomic E-state index is 3.27. The van der Waals surface area contributed by atoms with E-state index in [1.165, 1.54) is 55.2 Å². The molecule has 1 aliphatic heterocycles. The molecule has 21 heavy (non-hydrogen) atoms. The Labute approximate surface area is 127 Å². The summed E-state index contributed by atoms with van der Waals surface area (Å²) in [6.07, 6.45) is 7.42. The van der Waals surface area contributed by atoms with Gasteiger partial charge >= 0.3 is 0 Å². The Morgan fingerprint density at radius 1 is 1.24 bits per heavy atom. The predicted octanol–water partition coefficient (Wildman–Crippen LogP) is 3.47. The Morgan fingerprint density at radius 2 is 2.14 bits per heavy atom. The lowest BCUT2D eigenvalue weighted by Gasteiger charge is -2.36. The van der Waals surface area contributed by atoms with E-state index in [1.807, 2.05) is 6.20 Å². The summed E-state index contributed by atoms with van der Waals surface area (Å²) in [5.74, 6) is 0. The quantitative estimate of drug-likeness (QED) is 0.908. The van der Waals surface area contributed by atoms with Crippen LogP contribution in [0.4, 0.5) is 0 Å². The van der Waals surface area contributed by atoms with Gasteiger partial charge in [0.1, 0.15) is 0 Å². The molecule has 3 nitrogen and oxygen atoms in total. The molecule has 3 heteroatoms. The van der Waals surface area contributed by atoms with Crippen LogP contribution in [0.5, 0.6) is 0 Å². The van der Waals surface area contributed by atoms with Gasteiger partial charge in [0.2, 0.25) is 0 Å². The highest BCUT2D eigenvalue weighted by Crippen LogP contribution is 2.23. The molecule has 1 atom stereocenters. The van der Waals surface area contributed by atoms with Crippen LogP contribution in [-0.2, 0) is 6.54 Å². The second-order valence-corrected chi connectivity index (χ2v) is 6.61. The van der Waals surface area contributed by atoms with Crippen molar-refractivity contribution in [2.24, 2.45) is 0 Å². The molecule has 2 aromatic rings. The molecule has 0 unspecified atom stereocenters. The molecule has 114 valence electrons. The van der Waals surface area contributed by atoms with Crippen LogP contribution in [0.25, 0.3) is 10.9 Å². The normalized spacial score (nSPS) is 20.4. The van der Waals surface area contributed by atoms with Gasteiger partial charge in [-0.1, -0.05) is 12.5 Å². The summed E-state index contributed by atoms with van der Waals surface area (Å²) in [5, 5.41) is 1.33. The van der Waals surface area contributed by atoms with E-state index in [0.29, 0.717) is 0 Å². The second-order valence-electron chi connectivity index (χ2n) is 6.61. The van der Waals surface area contributed by atoms with E-state index in [4.69, 9.17) is 0 Å². The minimum Gasteiger partial charge on any atom is -0.361 e. The van der Waals surface area contributed by atoms with Gasteiger partial charge in [0.25, 0.3) is 0 Å². The van der Waals surface area contributed by atoms with Crippen LogP contribution in [0.1, 0.15) is 31.2 Å². The maximum atomic E-state index is 3.27. The standard InChI is InChI=1S/C18H27N3/c1-20(2)12-9-17-5-3-4-11-21(17)14-15-6-7-18-16(13-15)8-10-19-18/h6-8,10,13,17,19H,3-5,9,11-12,14H2,1-2H3/t17-/m0/s1. The molecule has 0 aliphatic carbocycles. The van der Waals surface area contributed by atoms with Crippen molar-refractivity contribution in [3.8, 4) is 0 Å². The number of nitrogens with zero attached hydrogens (tertiary/aromatic N) is 2. The highest BCUT2D eigenvalue weighted by atomic mass is 15.2. The van der Waals surface area contributed by atoms with Gasteiger partial charge in [-0.05, 0) is 75.6 Å². The van der Waals surface area contributed by atoms with Crippen molar-refractivity contribution in [3.63, 3.8) is 0 Å². The van der Waals surface area contributed by atoms with Gasteiger partial charge in [-0.2, -0.15) is 0 Å². The van der Waals surface area contributed by atoms with Gasteiger partial charge in [0.05, 0.1) is 0 Å². The molecule has 0 saturated carbocycles. The molecule has 0 spiro atoms. The van der Waals surface area contributed by atoms with Gasteiger partial charge in [-0.15, -0.1) is 0 Å². The molecular weight excluding hydrogens is 258 g/mol. The van der Waals surface area contributed by atoms with Crippen molar-refractivity contribution in [1.29, 1.82) is 0 Å². The monoisotopic (exact) mass is 285 g/mol. The molecule has 0 bridgehead atoms. The Bertz CT molecular complexity index is 573. The first-order valence-electron chi connectivity index (χ1n) is 8.17. The number of hydrogen-bond donors (Lipinski definition) is 1. The summed E-state index contributed by atoms with van der Waals surface area (Å²) in [4.78, 5) is 8.27. The van der Waals surface area contributed by atoms with Crippen molar-refractivity contribution in [1.82, 2.24) is 14.8 Å². The number of likely N-dealkylation sites (tertiary alicyclic amines) is 1. The number of piperidine rings is 1. The third-order valence-electron chi connectivity index (χ3n) is 4.66. The number of benzene rings is 1. The van der Waals surface area contributed by atoms with Crippen LogP contribution < -0.4 is 0 Å². The number of fused-ring (bicyclic) bond motifs is 1. The predicted molar refractivity (Wildman–Crippen MR) is 89.5 cm³/mol. The van der Waals surface area contributed by atoms with Crippen molar-refractivity contribution in [3.05, 3.63) is 36.0 Å². The highest BCUT2D eigenvalue weighted by Gasteiger charge is 2.22. The Morgan fingerprint density at radius 3 is 3.00 bits per heavy atom.